The molecule has 4 aromatic rings. The van der Waals surface area contributed by atoms with Crippen molar-refractivity contribution in [3.05, 3.63) is 52.3 Å². The van der Waals surface area contributed by atoms with E-state index in [0.29, 0.717) is 38.1 Å². The van der Waals surface area contributed by atoms with Crippen molar-refractivity contribution in [2.24, 2.45) is 0 Å². The zero-order chi connectivity index (χ0) is 40.7. The van der Waals surface area contributed by atoms with E-state index in [1.807, 2.05) is 19.1 Å². The Balaban J connectivity index is 1.18. The molecule has 2 fully saturated rings. The van der Waals surface area contributed by atoms with Gasteiger partial charge in [-0.3, -0.25) is 4.90 Å². The number of aryl methyl sites for hydroxylation is 1. The lowest BCUT2D eigenvalue weighted by molar-refractivity contribution is -0.126. The fraction of sp³-hybridized carbons (Fsp3) is 0.531. The summed E-state index contributed by atoms with van der Waals surface area (Å²) in [6.45, 7) is 5.78. The summed E-state index contributed by atoms with van der Waals surface area (Å²) < 4.78 is 66.6. The second-order valence-electron chi connectivity index (χ2n) is 14.7. The van der Waals surface area contributed by atoms with Crippen LogP contribution in [0.3, 0.4) is 0 Å². The molecule has 1 N–H and O–H groups in total. The first-order valence-electron chi connectivity index (χ1n) is 17.2. The molecule has 23 heteroatoms. The number of fused-ring (bicyclic) bond motifs is 2. The predicted molar refractivity (Wildman–Crippen MR) is 215 cm³/mol. The van der Waals surface area contributed by atoms with E-state index in [1.54, 1.807) is 17.6 Å². The highest BCUT2D eigenvalue weighted by Crippen LogP contribution is 2.45. The Bertz CT molecular complexity index is 2240. The Morgan fingerprint density at radius 1 is 1.00 bits per heavy atom. The summed E-state index contributed by atoms with van der Waals surface area (Å²) in [4.78, 5) is 12.6. The van der Waals surface area contributed by atoms with Gasteiger partial charge in [0.2, 0.25) is 10.0 Å². The summed E-state index contributed by atoms with van der Waals surface area (Å²) >= 11 is 1.02. The topological polar surface area (TPSA) is 110 Å². The number of likely N-dealkylation sites (tertiary alicyclic amines) is 1. The Morgan fingerprint density at radius 3 is 2.18 bits per heavy atom. The highest BCUT2D eigenvalue weighted by atomic mass is 32.2. The van der Waals surface area contributed by atoms with Gasteiger partial charge in [-0.15, -0.1) is 11.3 Å². The number of piperazine rings is 1. The molecule has 10 nitrogen and oxygen atoms in total. The lowest BCUT2D eigenvalue weighted by atomic mass is 9.27. The highest BCUT2D eigenvalue weighted by Gasteiger charge is 2.63. The van der Waals surface area contributed by atoms with Gasteiger partial charge in [-0.25, -0.2) is 22.7 Å². The molecule has 2 saturated heterocycles. The molecular formula is C32H31B8F3N8O2S2. The number of halogens is 3. The van der Waals surface area contributed by atoms with Gasteiger partial charge in [-0.1, -0.05) is 16.7 Å². The van der Waals surface area contributed by atoms with Crippen LogP contribution in [-0.4, -0.2) is 159 Å². The number of benzene rings is 1. The molecule has 0 spiro atoms. The first kappa shape index (κ1) is 41.9. The molecule has 2 aliphatic heterocycles. The van der Waals surface area contributed by atoms with E-state index in [4.69, 9.17) is 62.8 Å². The van der Waals surface area contributed by atoms with E-state index in [1.165, 1.54) is 12.4 Å². The van der Waals surface area contributed by atoms with Crippen LogP contribution >= 0.6 is 11.3 Å². The largest absolute Gasteiger partial charge is 0.393 e. The first-order chi connectivity index (χ1) is 25.3. The van der Waals surface area contributed by atoms with Crippen molar-refractivity contribution >= 4 is 111 Å². The maximum absolute atomic E-state index is 13.0. The molecule has 1 atom stereocenters. The van der Waals surface area contributed by atoms with E-state index in [-0.39, 0.29) is 17.5 Å². The number of nitriles is 1. The number of sulfonamides is 1. The van der Waals surface area contributed by atoms with Gasteiger partial charge in [-0.05, 0) is 66.7 Å². The Labute approximate surface area is 334 Å². The second kappa shape index (κ2) is 14.3. The molecule has 0 bridgehead atoms. The summed E-state index contributed by atoms with van der Waals surface area (Å²) in [5.74, 6) is 0.528. The third-order valence-electron chi connectivity index (χ3n) is 10.6. The quantitative estimate of drug-likeness (QED) is 0.251. The Hall–Kier alpha value is -2.77. The van der Waals surface area contributed by atoms with Crippen molar-refractivity contribution in [2.75, 3.05) is 24.7 Å². The van der Waals surface area contributed by atoms with Gasteiger partial charge in [0.25, 0.3) is 0 Å². The third-order valence-corrected chi connectivity index (χ3v) is 12.9. The van der Waals surface area contributed by atoms with Crippen LogP contribution in [0.4, 0.5) is 19.0 Å². The molecule has 0 aliphatic carbocycles. The van der Waals surface area contributed by atoms with Gasteiger partial charge in [0.05, 0.1) is 80.8 Å². The molecule has 1 unspecified atom stereocenters. The van der Waals surface area contributed by atoms with Crippen LogP contribution in [0.25, 0.3) is 21.1 Å². The van der Waals surface area contributed by atoms with Crippen molar-refractivity contribution in [3.8, 4) is 6.07 Å². The number of anilines is 1. The minimum Gasteiger partial charge on any atom is -0.367 e. The van der Waals surface area contributed by atoms with Crippen molar-refractivity contribution in [2.45, 2.75) is 85.8 Å². The highest BCUT2D eigenvalue weighted by molar-refractivity contribution is 7.88. The fourth-order valence-corrected chi connectivity index (χ4v) is 10.3. The van der Waals surface area contributed by atoms with E-state index in [9.17, 15) is 26.9 Å². The number of nitrogens with one attached hydrogen (secondary N) is 1. The van der Waals surface area contributed by atoms with Gasteiger partial charge in [0, 0.05) is 54.0 Å². The molecule has 6 rings (SSSR count). The van der Waals surface area contributed by atoms with Crippen LogP contribution in [-0.2, 0) is 29.5 Å². The van der Waals surface area contributed by atoms with Crippen molar-refractivity contribution < 1.29 is 21.6 Å². The number of hydrogen-bond donors (Lipinski definition) is 1. The monoisotopic (exact) mass is 768 g/mol. The molecule has 16 radical (unpaired) electrons. The van der Waals surface area contributed by atoms with E-state index < -0.39 is 50.0 Å². The van der Waals surface area contributed by atoms with Crippen LogP contribution < -0.4 is 5.32 Å². The van der Waals surface area contributed by atoms with Gasteiger partial charge in [-0.2, -0.15) is 18.4 Å². The predicted octanol–water partition coefficient (Wildman–Crippen LogP) is 0.936. The molecule has 3 aromatic heterocycles. The minimum absolute atomic E-state index is 0.0106. The SMILES string of the molecule is [B]C1([B])N(C(C)Cn2c(C#N)cc3c(C)c(CN4CCC(Nc5ncnc6sc(CC(F)(F)F)cc56)CC4)ccc32)C([B])([B])C([B])([B])N(S(C)(=O)=O)C1([B])[B]. The third kappa shape index (κ3) is 7.43. The number of hydrogen-bond acceptors (Lipinski definition) is 9. The average molecular weight is 767 g/mol. The molecule has 0 saturated carbocycles. The van der Waals surface area contributed by atoms with Crippen LogP contribution in [0, 0.1) is 18.3 Å². The molecular weight excluding hydrogens is 736 g/mol. The summed E-state index contributed by atoms with van der Waals surface area (Å²) in [7, 11) is 46.6. The van der Waals surface area contributed by atoms with E-state index >= 15 is 0 Å². The first-order valence-corrected chi connectivity index (χ1v) is 19.9. The number of rotatable bonds is 9. The van der Waals surface area contributed by atoms with Crippen LogP contribution in [0.5, 0.6) is 0 Å². The van der Waals surface area contributed by atoms with E-state index in [0.717, 1.165) is 64.9 Å². The average Bonchev–Trinajstić information content (AvgIpc) is 3.61. The number of piperidine rings is 1. The number of aromatic nitrogens is 3. The van der Waals surface area contributed by atoms with Crippen molar-refractivity contribution in [3.63, 3.8) is 0 Å². The molecule has 55 heavy (non-hydrogen) atoms. The van der Waals surface area contributed by atoms with Gasteiger partial charge >= 0.3 is 6.18 Å². The van der Waals surface area contributed by atoms with Gasteiger partial charge in [0.15, 0.2) is 0 Å². The van der Waals surface area contributed by atoms with Crippen molar-refractivity contribution in [1.82, 2.24) is 28.6 Å². The summed E-state index contributed by atoms with van der Waals surface area (Å²) in [5, 5.41) is 4.99. The minimum atomic E-state index is -4.37. The lowest BCUT2D eigenvalue weighted by Gasteiger charge is -2.75. The Morgan fingerprint density at radius 2 is 1.62 bits per heavy atom. The maximum Gasteiger partial charge on any atom is 0.393 e. The fourth-order valence-electron chi connectivity index (χ4n) is 7.90. The van der Waals surface area contributed by atoms with Crippen LogP contribution in [0.2, 0.25) is 0 Å². The summed E-state index contributed by atoms with van der Waals surface area (Å²) in [5.41, 5.74) is 3.03. The molecule has 2 aliphatic rings. The van der Waals surface area contributed by atoms with Gasteiger partial charge in [0.1, 0.15) is 28.7 Å². The maximum atomic E-state index is 13.0. The van der Waals surface area contributed by atoms with Gasteiger partial charge < -0.3 is 14.8 Å². The number of alkyl halides is 3. The zero-order valence-corrected chi connectivity index (χ0v) is 32.1. The second-order valence-corrected chi connectivity index (χ2v) is 17.7. The molecule has 1 aromatic carbocycles. The zero-order valence-electron chi connectivity index (χ0n) is 30.5. The molecule has 0 amide bonds. The van der Waals surface area contributed by atoms with Crippen LogP contribution in [0.15, 0.2) is 30.6 Å². The smallest absolute Gasteiger partial charge is 0.367 e. The van der Waals surface area contributed by atoms with Crippen molar-refractivity contribution in [1.29, 1.82) is 5.26 Å². The lowest BCUT2D eigenvalue weighted by Crippen LogP contribution is -2.93. The summed E-state index contributed by atoms with van der Waals surface area (Å²) in [6.07, 6.45) is -1.63. The molecule has 268 valence electrons. The molecule has 5 heterocycles. The number of thiophene rings is 1. The standard InChI is InChI=1S/C32H31B8F3N8O2S2/c1-17(50-29(33,34)31(37,38)51(55(3,52)53)32(39,40)30(50,35)36)14-49-21(13-44)10-23-18(2)19(4-5-25(23)49)15-48-8-6-20(7-9-48)47-26-24-11-22(12-28(41,42)43)54-27(24)46-16-45-26/h4-5,10-11,16-17,20H,6-9,12,14-15H2,1-3H3,(H,45,46,47). The number of nitrogens with zero attached hydrogens (tertiary/aromatic N) is 7. The van der Waals surface area contributed by atoms with E-state index in [2.05, 4.69) is 26.3 Å². The summed E-state index contributed by atoms with van der Waals surface area (Å²) in [6, 6.07) is 8.60. The normalized spacial score (nSPS) is 21.4. The Kier molecular flexibility index (Phi) is 10.8. The van der Waals surface area contributed by atoms with Crippen LogP contribution in [0.1, 0.15) is 41.5 Å².